The van der Waals surface area contributed by atoms with Gasteiger partial charge in [-0.05, 0) is 12.8 Å². The van der Waals surface area contributed by atoms with E-state index in [1.807, 2.05) is 0 Å². The Balaban J connectivity index is 0. The zero-order chi connectivity index (χ0) is 9.41. The predicted molar refractivity (Wildman–Crippen MR) is 53.0 cm³/mol. The average Bonchev–Trinajstić information content (AvgIpc) is 1.83. The first-order valence-electron chi connectivity index (χ1n) is 3.65. The normalized spacial score (nSPS) is 21.9. The van der Waals surface area contributed by atoms with Crippen LogP contribution in [0.2, 0.25) is 0 Å². The van der Waals surface area contributed by atoms with Crippen molar-refractivity contribution in [2.45, 2.75) is 36.9 Å². The molecule has 0 amide bonds. The van der Waals surface area contributed by atoms with Crippen molar-refractivity contribution in [3.8, 4) is 0 Å². The van der Waals surface area contributed by atoms with E-state index in [1.165, 1.54) is 0 Å². The first-order valence-corrected chi connectivity index (χ1v) is 5.16. The number of halogens is 2. The van der Waals surface area contributed by atoms with Gasteiger partial charge in [0.1, 0.15) is 0 Å². The van der Waals surface area contributed by atoms with Crippen LogP contribution in [0.5, 0.6) is 0 Å². The van der Waals surface area contributed by atoms with Crippen LogP contribution in [0.15, 0.2) is 0 Å². The molecule has 8 heteroatoms. The van der Waals surface area contributed by atoms with Crippen LogP contribution in [-0.2, 0) is 10.1 Å². The van der Waals surface area contributed by atoms with Crippen LogP contribution in [0.3, 0.4) is 0 Å². The third-order valence-electron chi connectivity index (χ3n) is 2.09. The van der Waals surface area contributed by atoms with Crippen LogP contribution >= 0.6 is 0 Å². The summed E-state index contributed by atoms with van der Waals surface area (Å²) in [4.78, 5) is 0. The summed E-state index contributed by atoms with van der Waals surface area (Å²) in [6.07, 6.45) is -1.19. The standard InChI is InChI=1S/C6H10F2O3S.2Na.2H/c7-6(8)3-1-5(2-4-6)12(9,10)11;;;;/h5H,1-4H2,(H,9,10,11);;;;. The molecular weight excluding hydrogens is 236 g/mol. The van der Waals surface area contributed by atoms with Gasteiger partial charge in [-0.3, -0.25) is 4.55 Å². The van der Waals surface area contributed by atoms with Gasteiger partial charge >= 0.3 is 59.1 Å². The van der Waals surface area contributed by atoms with Gasteiger partial charge in [-0.25, -0.2) is 8.78 Å². The van der Waals surface area contributed by atoms with E-state index in [1.54, 1.807) is 0 Å². The first-order chi connectivity index (χ1) is 5.31. The molecular formula is C6H12F2Na2O3S. The Hall–Kier alpha value is 1.77. The van der Waals surface area contributed by atoms with Gasteiger partial charge in [-0.15, -0.1) is 0 Å². The quantitative estimate of drug-likeness (QED) is 0.531. The van der Waals surface area contributed by atoms with Gasteiger partial charge in [0.15, 0.2) is 0 Å². The van der Waals surface area contributed by atoms with E-state index in [0.717, 1.165) is 0 Å². The van der Waals surface area contributed by atoms with Crippen LogP contribution in [0, 0.1) is 0 Å². The van der Waals surface area contributed by atoms with E-state index in [-0.39, 0.29) is 72.0 Å². The van der Waals surface area contributed by atoms with Gasteiger partial charge in [0.25, 0.3) is 10.1 Å². The molecule has 0 spiro atoms. The molecule has 1 fully saturated rings. The van der Waals surface area contributed by atoms with E-state index in [0.29, 0.717) is 0 Å². The fourth-order valence-corrected chi connectivity index (χ4v) is 2.14. The molecule has 0 radical (unpaired) electrons. The summed E-state index contributed by atoms with van der Waals surface area (Å²) < 4.78 is 54.5. The van der Waals surface area contributed by atoms with Gasteiger partial charge in [0.05, 0.1) is 5.25 Å². The zero-order valence-corrected chi connectivity index (χ0v) is 7.15. The van der Waals surface area contributed by atoms with Gasteiger partial charge in [-0.1, -0.05) is 0 Å². The Morgan fingerprint density at radius 2 is 1.50 bits per heavy atom. The Bertz CT molecular complexity index is 258. The molecule has 0 unspecified atom stereocenters. The maximum absolute atomic E-state index is 12.5. The summed E-state index contributed by atoms with van der Waals surface area (Å²) in [5, 5.41) is -0.989. The molecule has 14 heavy (non-hydrogen) atoms. The molecule has 0 aliphatic heterocycles. The first kappa shape index (κ1) is 18.1. The molecule has 0 heterocycles. The molecule has 1 saturated carbocycles. The molecule has 0 aromatic rings. The second kappa shape index (κ2) is 6.49. The van der Waals surface area contributed by atoms with Crippen LogP contribution in [0.25, 0.3) is 0 Å². The van der Waals surface area contributed by atoms with Crippen LogP contribution in [0.4, 0.5) is 8.78 Å². The maximum atomic E-state index is 12.5. The fourth-order valence-electron chi connectivity index (χ4n) is 1.31. The summed E-state index contributed by atoms with van der Waals surface area (Å²) in [6, 6.07) is 0. The Kier molecular flexibility index (Phi) is 8.41. The van der Waals surface area contributed by atoms with Crippen molar-refractivity contribution in [3.63, 3.8) is 0 Å². The number of hydrogen-bond donors (Lipinski definition) is 1. The number of rotatable bonds is 1. The molecule has 0 atom stereocenters. The molecule has 1 N–H and O–H groups in total. The Morgan fingerprint density at radius 1 is 1.14 bits per heavy atom. The summed E-state index contributed by atoms with van der Waals surface area (Å²) in [6.45, 7) is 0. The molecule has 3 nitrogen and oxygen atoms in total. The Morgan fingerprint density at radius 3 is 1.79 bits per heavy atom. The molecule has 1 aliphatic rings. The van der Waals surface area contributed by atoms with Gasteiger partial charge in [0.2, 0.25) is 5.92 Å². The SMILES string of the molecule is O=S(=O)(O)C1CCC(F)(F)CC1.[NaH].[NaH]. The van der Waals surface area contributed by atoms with Crippen molar-refractivity contribution < 1.29 is 21.8 Å². The van der Waals surface area contributed by atoms with E-state index in [9.17, 15) is 17.2 Å². The summed E-state index contributed by atoms with van der Waals surface area (Å²) in [7, 11) is -4.11. The molecule has 0 aromatic heterocycles. The van der Waals surface area contributed by atoms with Crippen molar-refractivity contribution in [2.75, 3.05) is 0 Å². The topological polar surface area (TPSA) is 54.4 Å². The summed E-state index contributed by atoms with van der Waals surface area (Å²) in [5.41, 5.74) is 0. The van der Waals surface area contributed by atoms with Crippen LogP contribution < -0.4 is 0 Å². The minimum absolute atomic E-state index is 0. The van der Waals surface area contributed by atoms with Gasteiger partial charge in [0, 0.05) is 12.8 Å². The van der Waals surface area contributed by atoms with Crippen molar-refractivity contribution >= 4 is 69.2 Å². The van der Waals surface area contributed by atoms with E-state index >= 15 is 0 Å². The van der Waals surface area contributed by atoms with E-state index < -0.39 is 34.1 Å². The molecule has 0 saturated heterocycles. The zero-order valence-electron chi connectivity index (χ0n) is 6.33. The second-order valence-electron chi connectivity index (χ2n) is 3.07. The monoisotopic (exact) mass is 248 g/mol. The van der Waals surface area contributed by atoms with Crippen LogP contribution in [0.1, 0.15) is 25.7 Å². The number of hydrogen-bond acceptors (Lipinski definition) is 2. The summed E-state index contributed by atoms with van der Waals surface area (Å²) >= 11 is 0. The third kappa shape index (κ3) is 5.75. The molecule has 0 aromatic carbocycles. The van der Waals surface area contributed by atoms with Crippen molar-refractivity contribution in [3.05, 3.63) is 0 Å². The van der Waals surface area contributed by atoms with Crippen molar-refractivity contribution in [2.24, 2.45) is 0 Å². The molecule has 1 rings (SSSR count). The third-order valence-corrected chi connectivity index (χ3v) is 3.40. The molecule has 1 aliphatic carbocycles. The predicted octanol–water partition coefficient (Wildman–Crippen LogP) is 0.155. The fraction of sp³-hybridized carbons (Fsp3) is 1.00. The Labute approximate surface area is 126 Å². The average molecular weight is 248 g/mol. The van der Waals surface area contributed by atoms with Crippen molar-refractivity contribution in [1.29, 1.82) is 0 Å². The molecule has 0 bridgehead atoms. The van der Waals surface area contributed by atoms with Crippen molar-refractivity contribution in [1.82, 2.24) is 0 Å². The molecule has 76 valence electrons. The summed E-state index contributed by atoms with van der Waals surface area (Å²) in [5.74, 6) is -2.75. The van der Waals surface area contributed by atoms with E-state index in [4.69, 9.17) is 4.55 Å². The second-order valence-corrected chi connectivity index (χ2v) is 4.77. The number of alkyl halides is 2. The minimum atomic E-state index is -4.11. The van der Waals surface area contributed by atoms with E-state index in [2.05, 4.69) is 0 Å². The van der Waals surface area contributed by atoms with Crippen LogP contribution in [-0.4, -0.2) is 83.3 Å². The van der Waals surface area contributed by atoms with Gasteiger partial charge < -0.3 is 0 Å². The van der Waals surface area contributed by atoms with Gasteiger partial charge in [-0.2, -0.15) is 8.42 Å².